The molecular formula is C15H16N2OS. The van der Waals surface area contributed by atoms with Gasteiger partial charge in [-0.1, -0.05) is 37.3 Å². The molecule has 0 radical (unpaired) electrons. The first kappa shape index (κ1) is 13.5. The first-order valence-corrected chi connectivity index (χ1v) is 6.56. The molecule has 1 aromatic heterocycles. The lowest BCUT2D eigenvalue weighted by atomic mass is 10.1. The van der Waals surface area contributed by atoms with Gasteiger partial charge in [0.1, 0.15) is 10.7 Å². The molecule has 98 valence electrons. The number of rotatable bonds is 4. The van der Waals surface area contributed by atoms with Crippen molar-refractivity contribution in [2.75, 3.05) is 0 Å². The van der Waals surface area contributed by atoms with E-state index in [9.17, 15) is 0 Å². The second kappa shape index (κ2) is 5.80. The minimum Gasteiger partial charge on any atom is -0.438 e. The largest absolute Gasteiger partial charge is 0.438 e. The third-order valence-corrected chi connectivity index (χ3v) is 3.05. The number of para-hydroxylation sites is 1. The summed E-state index contributed by atoms with van der Waals surface area (Å²) >= 11 is 5.03. The van der Waals surface area contributed by atoms with E-state index in [1.807, 2.05) is 43.3 Å². The summed E-state index contributed by atoms with van der Waals surface area (Å²) in [7, 11) is 0. The summed E-state index contributed by atoms with van der Waals surface area (Å²) in [6.45, 7) is 3.99. The average Bonchev–Trinajstić information content (AvgIpc) is 2.39. The van der Waals surface area contributed by atoms with Gasteiger partial charge in [-0.05, 0) is 37.1 Å². The second-order valence-electron chi connectivity index (χ2n) is 4.23. The highest BCUT2D eigenvalue weighted by Crippen LogP contribution is 2.27. The summed E-state index contributed by atoms with van der Waals surface area (Å²) in [4.78, 5) is 4.66. The van der Waals surface area contributed by atoms with E-state index in [-0.39, 0.29) is 4.99 Å². The zero-order valence-electron chi connectivity index (χ0n) is 11.0. The molecule has 0 unspecified atom stereocenters. The van der Waals surface area contributed by atoms with Crippen molar-refractivity contribution in [1.82, 2.24) is 4.98 Å². The summed E-state index contributed by atoms with van der Waals surface area (Å²) in [6, 6.07) is 11.6. The lowest BCUT2D eigenvalue weighted by Crippen LogP contribution is -2.12. The van der Waals surface area contributed by atoms with E-state index >= 15 is 0 Å². The van der Waals surface area contributed by atoms with Crippen LogP contribution < -0.4 is 10.5 Å². The van der Waals surface area contributed by atoms with Crippen LogP contribution in [0, 0.1) is 6.92 Å². The number of hydrogen-bond acceptors (Lipinski definition) is 3. The van der Waals surface area contributed by atoms with Gasteiger partial charge in [-0.15, -0.1) is 0 Å². The van der Waals surface area contributed by atoms with E-state index in [4.69, 9.17) is 22.7 Å². The van der Waals surface area contributed by atoms with E-state index in [1.165, 1.54) is 0 Å². The molecule has 2 rings (SSSR count). The Morgan fingerprint density at radius 1 is 1.26 bits per heavy atom. The van der Waals surface area contributed by atoms with Crippen molar-refractivity contribution in [2.24, 2.45) is 5.73 Å². The molecular weight excluding hydrogens is 256 g/mol. The summed E-state index contributed by atoms with van der Waals surface area (Å²) in [5, 5.41) is 0. The number of nitrogens with zero attached hydrogens (tertiary/aromatic N) is 1. The fourth-order valence-electron chi connectivity index (χ4n) is 1.80. The van der Waals surface area contributed by atoms with E-state index in [1.54, 1.807) is 0 Å². The van der Waals surface area contributed by atoms with Crippen molar-refractivity contribution in [2.45, 2.75) is 20.3 Å². The van der Waals surface area contributed by atoms with Crippen LogP contribution in [0.25, 0.3) is 0 Å². The number of benzene rings is 1. The first-order valence-electron chi connectivity index (χ1n) is 6.15. The van der Waals surface area contributed by atoms with Gasteiger partial charge in [0.05, 0.1) is 5.56 Å². The normalized spacial score (nSPS) is 10.2. The second-order valence-corrected chi connectivity index (χ2v) is 4.67. The third-order valence-electron chi connectivity index (χ3n) is 2.83. The van der Waals surface area contributed by atoms with Crippen LogP contribution >= 0.6 is 12.2 Å². The summed E-state index contributed by atoms with van der Waals surface area (Å²) in [5.41, 5.74) is 8.35. The molecule has 0 saturated heterocycles. The molecule has 0 spiro atoms. The molecule has 2 N–H and O–H groups in total. The highest BCUT2D eigenvalue weighted by atomic mass is 32.1. The molecule has 0 saturated carbocycles. The van der Waals surface area contributed by atoms with Crippen LogP contribution in [0.3, 0.4) is 0 Å². The molecule has 0 aliphatic rings. The van der Waals surface area contributed by atoms with Gasteiger partial charge in [0.25, 0.3) is 0 Å². The molecule has 0 amide bonds. The van der Waals surface area contributed by atoms with Gasteiger partial charge >= 0.3 is 0 Å². The predicted molar refractivity (Wildman–Crippen MR) is 80.8 cm³/mol. The summed E-state index contributed by atoms with van der Waals surface area (Å²) < 4.78 is 5.90. The molecule has 0 aliphatic heterocycles. The maximum atomic E-state index is 5.90. The molecule has 0 fully saturated rings. The van der Waals surface area contributed by atoms with Crippen molar-refractivity contribution in [1.29, 1.82) is 0 Å². The van der Waals surface area contributed by atoms with E-state index < -0.39 is 0 Å². The van der Waals surface area contributed by atoms with Crippen LogP contribution in [-0.4, -0.2) is 9.97 Å². The quantitative estimate of drug-likeness (QED) is 0.867. The molecule has 0 bridgehead atoms. The monoisotopic (exact) mass is 272 g/mol. The van der Waals surface area contributed by atoms with Crippen LogP contribution in [0.15, 0.2) is 36.4 Å². The third kappa shape index (κ3) is 3.09. The molecule has 4 heteroatoms. The minimum atomic E-state index is 0.288. The Morgan fingerprint density at radius 3 is 2.68 bits per heavy atom. The Kier molecular flexibility index (Phi) is 4.12. The smallest absolute Gasteiger partial charge is 0.229 e. The van der Waals surface area contributed by atoms with E-state index in [0.717, 1.165) is 23.4 Å². The summed E-state index contributed by atoms with van der Waals surface area (Å²) in [6.07, 6.45) is 0.893. The molecule has 0 atom stereocenters. The van der Waals surface area contributed by atoms with Gasteiger partial charge in [-0.25, -0.2) is 4.98 Å². The maximum Gasteiger partial charge on any atom is 0.229 e. The number of aromatic nitrogens is 1. The van der Waals surface area contributed by atoms with Gasteiger partial charge in [0, 0.05) is 5.69 Å². The van der Waals surface area contributed by atoms with Crippen molar-refractivity contribution in [3.05, 3.63) is 53.2 Å². The van der Waals surface area contributed by atoms with Gasteiger partial charge in [0.2, 0.25) is 5.88 Å². The van der Waals surface area contributed by atoms with Crippen LogP contribution in [0.1, 0.15) is 23.7 Å². The SMILES string of the molecule is CCc1ccccc1Oc1nc(C)ccc1C(N)=S. The lowest BCUT2D eigenvalue weighted by molar-refractivity contribution is 0.455. The zero-order valence-corrected chi connectivity index (χ0v) is 11.8. The Balaban J connectivity index is 2.42. The van der Waals surface area contributed by atoms with Gasteiger partial charge in [-0.2, -0.15) is 0 Å². The van der Waals surface area contributed by atoms with E-state index in [0.29, 0.717) is 11.4 Å². The van der Waals surface area contributed by atoms with Crippen LogP contribution in [0.5, 0.6) is 11.6 Å². The number of thiocarbonyl (C=S) groups is 1. The van der Waals surface area contributed by atoms with Crippen molar-refractivity contribution < 1.29 is 4.74 Å². The molecule has 2 aromatic rings. The standard InChI is InChI=1S/C15H16N2OS/c1-3-11-6-4-5-7-13(11)18-15-12(14(16)19)9-8-10(2)17-15/h4-9H,3H2,1-2H3,(H2,16,19). The number of aryl methyl sites for hydroxylation is 2. The molecule has 0 aliphatic carbocycles. The maximum absolute atomic E-state index is 5.90. The van der Waals surface area contributed by atoms with Gasteiger partial charge < -0.3 is 10.5 Å². The fraction of sp³-hybridized carbons (Fsp3) is 0.200. The van der Waals surface area contributed by atoms with Gasteiger partial charge in [0.15, 0.2) is 0 Å². The lowest BCUT2D eigenvalue weighted by Gasteiger charge is -2.12. The Morgan fingerprint density at radius 2 is 2.00 bits per heavy atom. The molecule has 1 aromatic carbocycles. The molecule has 1 heterocycles. The number of nitrogens with two attached hydrogens (primary N) is 1. The first-order chi connectivity index (χ1) is 9.11. The van der Waals surface area contributed by atoms with Crippen molar-refractivity contribution in [3.63, 3.8) is 0 Å². The van der Waals surface area contributed by atoms with Crippen molar-refractivity contribution in [3.8, 4) is 11.6 Å². The minimum absolute atomic E-state index is 0.288. The Labute approximate surface area is 118 Å². The zero-order chi connectivity index (χ0) is 13.8. The van der Waals surface area contributed by atoms with E-state index in [2.05, 4.69) is 11.9 Å². The Bertz CT molecular complexity index is 611. The average molecular weight is 272 g/mol. The highest BCUT2D eigenvalue weighted by Gasteiger charge is 2.11. The fourth-order valence-corrected chi connectivity index (χ4v) is 1.95. The summed E-state index contributed by atoms with van der Waals surface area (Å²) in [5.74, 6) is 1.26. The van der Waals surface area contributed by atoms with Crippen LogP contribution in [-0.2, 0) is 6.42 Å². The van der Waals surface area contributed by atoms with Crippen LogP contribution in [0.4, 0.5) is 0 Å². The van der Waals surface area contributed by atoms with Crippen molar-refractivity contribution >= 4 is 17.2 Å². The highest BCUT2D eigenvalue weighted by molar-refractivity contribution is 7.80. The number of pyridine rings is 1. The topological polar surface area (TPSA) is 48.1 Å². The van der Waals surface area contributed by atoms with Gasteiger partial charge in [-0.3, -0.25) is 0 Å². The molecule has 19 heavy (non-hydrogen) atoms. The Hall–Kier alpha value is -1.94. The molecule has 3 nitrogen and oxygen atoms in total. The predicted octanol–water partition coefficient (Wildman–Crippen LogP) is 3.38. The number of ether oxygens (including phenoxy) is 1. The number of hydrogen-bond donors (Lipinski definition) is 1. The van der Waals surface area contributed by atoms with Crippen LogP contribution in [0.2, 0.25) is 0 Å².